The summed E-state index contributed by atoms with van der Waals surface area (Å²) in [6.45, 7) is 0.551. The van der Waals surface area contributed by atoms with Gasteiger partial charge in [0.1, 0.15) is 11.5 Å². The molecule has 0 aliphatic heterocycles. The van der Waals surface area contributed by atoms with E-state index in [0.717, 1.165) is 12.8 Å². The lowest BCUT2D eigenvalue weighted by Crippen LogP contribution is -2.24. The van der Waals surface area contributed by atoms with Gasteiger partial charge in [0.15, 0.2) is 0 Å². The SMILES string of the molecule is COc1ccc(C(=O)NCCCCC#N)c(OC)c1. The molecule has 0 radical (unpaired) electrons. The standard InChI is InChI=1S/C14H18N2O3/c1-18-11-6-7-12(13(10-11)19-2)14(17)16-9-5-3-4-8-15/h6-7,10H,3-5,9H2,1-2H3,(H,16,17). The maximum atomic E-state index is 12.0. The molecular formula is C14H18N2O3. The van der Waals surface area contributed by atoms with Crippen LogP contribution in [0.4, 0.5) is 0 Å². The molecule has 0 spiro atoms. The van der Waals surface area contributed by atoms with E-state index in [0.29, 0.717) is 30.0 Å². The number of amides is 1. The third-order valence-corrected chi connectivity index (χ3v) is 2.65. The van der Waals surface area contributed by atoms with Gasteiger partial charge in [0.2, 0.25) is 0 Å². The molecule has 0 heterocycles. The van der Waals surface area contributed by atoms with E-state index in [1.54, 1.807) is 25.3 Å². The average molecular weight is 262 g/mol. The number of hydrogen-bond donors (Lipinski definition) is 1. The Morgan fingerprint density at radius 2 is 2.11 bits per heavy atom. The maximum absolute atomic E-state index is 12.0. The number of rotatable bonds is 7. The Kier molecular flexibility index (Phi) is 6.23. The molecule has 0 saturated heterocycles. The van der Waals surface area contributed by atoms with Crippen molar-refractivity contribution in [1.29, 1.82) is 5.26 Å². The lowest BCUT2D eigenvalue weighted by atomic mass is 10.1. The van der Waals surface area contributed by atoms with Gasteiger partial charge in [-0.3, -0.25) is 4.79 Å². The summed E-state index contributed by atoms with van der Waals surface area (Å²) in [5.41, 5.74) is 0.476. The third-order valence-electron chi connectivity index (χ3n) is 2.65. The third kappa shape index (κ3) is 4.51. The summed E-state index contributed by atoms with van der Waals surface area (Å²) in [6.07, 6.45) is 2.09. The quantitative estimate of drug-likeness (QED) is 0.764. The Morgan fingerprint density at radius 1 is 1.32 bits per heavy atom. The lowest BCUT2D eigenvalue weighted by molar-refractivity contribution is 0.0950. The van der Waals surface area contributed by atoms with E-state index in [9.17, 15) is 4.79 Å². The monoisotopic (exact) mass is 262 g/mol. The van der Waals surface area contributed by atoms with E-state index in [4.69, 9.17) is 14.7 Å². The van der Waals surface area contributed by atoms with Crippen LogP contribution in [0.3, 0.4) is 0 Å². The largest absolute Gasteiger partial charge is 0.497 e. The maximum Gasteiger partial charge on any atom is 0.255 e. The smallest absolute Gasteiger partial charge is 0.255 e. The van der Waals surface area contributed by atoms with Gasteiger partial charge in [-0.25, -0.2) is 0 Å². The number of carbonyl (C=O) groups excluding carboxylic acids is 1. The first kappa shape index (κ1) is 14.8. The highest BCUT2D eigenvalue weighted by molar-refractivity contribution is 5.97. The fourth-order valence-electron chi connectivity index (χ4n) is 1.61. The molecule has 5 nitrogen and oxygen atoms in total. The first-order chi connectivity index (χ1) is 9.22. The van der Waals surface area contributed by atoms with Crippen LogP contribution >= 0.6 is 0 Å². The predicted molar refractivity (Wildman–Crippen MR) is 71.3 cm³/mol. The zero-order valence-corrected chi connectivity index (χ0v) is 11.2. The first-order valence-electron chi connectivity index (χ1n) is 6.10. The summed E-state index contributed by atoms with van der Waals surface area (Å²) in [7, 11) is 3.07. The molecule has 1 amide bonds. The molecule has 0 atom stereocenters. The van der Waals surface area contributed by atoms with Gasteiger partial charge in [-0.2, -0.15) is 5.26 Å². The molecule has 0 bridgehead atoms. The molecule has 5 heteroatoms. The van der Waals surface area contributed by atoms with Crippen LogP contribution in [0.5, 0.6) is 11.5 Å². The van der Waals surface area contributed by atoms with E-state index >= 15 is 0 Å². The molecule has 0 aliphatic rings. The molecule has 1 aromatic rings. The zero-order valence-electron chi connectivity index (χ0n) is 11.2. The van der Waals surface area contributed by atoms with Gasteiger partial charge < -0.3 is 14.8 Å². The molecule has 102 valence electrons. The Balaban J connectivity index is 2.59. The molecule has 19 heavy (non-hydrogen) atoms. The van der Waals surface area contributed by atoms with Gasteiger partial charge in [0, 0.05) is 19.0 Å². The van der Waals surface area contributed by atoms with Crippen LogP contribution < -0.4 is 14.8 Å². The van der Waals surface area contributed by atoms with Crippen LogP contribution in [-0.4, -0.2) is 26.7 Å². The van der Waals surface area contributed by atoms with E-state index < -0.39 is 0 Å². The highest BCUT2D eigenvalue weighted by Gasteiger charge is 2.12. The fourth-order valence-corrected chi connectivity index (χ4v) is 1.61. The van der Waals surface area contributed by atoms with Crippen LogP contribution in [0.25, 0.3) is 0 Å². The first-order valence-corrected chi connectivity index (χ1v) is 6.10. The molecule has 1 N–H and O–H groups in total. The number of unbranched alkanes of at least 4 members (excludes halogenated alkanes) is 2. The summed E-state index contributed by atoms with van der Waals surface area (Å²) >= 11 is 0. The molecule has 1 aromatic carbocycles. The molecular weight excluding hydrogens is 244 g/mol. The number of benzene rings is 1. The van der Waals surface area contributed by atoms with Crippen LogP contribution in [0, 0.1) is 11.3 Å². The van der Waals surface area contributed by atoms with E-state index in [1.807, 2.05) is 0 Å². The van der Waals surface area contributed by atoms with Crippen LogP contribution in [0.2, 0.25) is 0 Å². The van der Waals surface area contributed by atoms with E-state index in [2.05, 4.69) is 11.4 Å². The summed E-state index contributed by atoms with van der Waals surface area (Å²) in [5, 5.41) is 11.2. The van der Waals surface area contributed by atoms with Gasteiger partial charge in [-0.05, 0) is 25.0 Å². The number of nitrogens with zero attached hydrogens (tertiary/aromatic N) is 1. The number of nitrogens with one attached hydrogen (secondary N) is 1. The van der Waals surface area contributed by atoms with E-state index in [1.165, 1.54) is 7.11 Å². The van der Waals surface area contributed by atoms with Crippen molar-refractivity contribution in [2.24, 2.45) is 0 Å². The summed E-state index contributed by atoms with van der Waals surface area (Å²) < 4.78 is 10.2. The van der Waals surface area contributed by atoms with Crippen molar-refractivity contribution in [2.75, 3.05) is 20.8 Å². The van der Waals surface area contributed by atoms with Crippen molar-refractivity contribution < 1.29 is 14.3 Å². The summed E-state index contributed by atoms with van der Waals surface area (Å²) in [5.74, 6) is 0.938. The second-order valence-electron chi connectivity index (χ2n) is 3.94. The minimum absolute atomic E-state index is 0.184. The highest BCUT2D eigenvalue weighted by atomic mass is 16.5. The molecule has 0 aliphatic carbocycles. The van der Waals surface area contributed by atoms with Crippen molar-refractivity contribution in [1.82, 2.24) is 5.32 Å². The van der Waals surface area contributed by atoms with Crippen LogP contribution in [-0.2, 0) is 0 Å². The van der Waals surface area contributed by atoms with Crippen molar-refractivity contribution in [3.05, 3.63) is 23.8 Å². The van der Waals surface area contributed by atoms with Gasteiger partial charge >= 0.3 is 0 Å². The van der Waals surface area contributed by atoms with Gasteiger partial charge in [-0.1, -0.05) is 0 Å². The number of hydrogen-bond acceptors (Lipinski definition) is 4. The zero-order chi connectivity index (χ0) is 14.1. The average Bonchev–Trinajstić information content (AvgIpc) is 2.46. The Hall–Kier alpha value is -2.22. The number of nitriles is 1. The number of ether oxygens (including phenoxy) is 2. The molecule has 0 unspecified atom stereocenters. The Bertz CT molecular complexity index is 466. The van der Waals surface area contributed by atoms with Crippen molar-refractivity contribution >= 4 is 5.91 Å². The second-order valence-corrected chi connectivity index (χ2v) is 3.94. The van der Waals surface area contributed by atoms with Crippen molar-refractivity contribution in [3.63, 3.8) is 0 Å². The van der Waals surface area contributed by atoms with Crippen LogP contribution in [0.1, 0.15) is 29.6 Å². The van der Waals surface area contributed by atoms with Crippen molar-refractivity contribution in [2.45, 2.75) is 19.3 Å². The molecule has 0 fully saturated rings. The summed E-state index contributed by atoms with van der Waals surface area (Å²) in [4.78, 5) is 12.0. The fraction of sp³-hybridized carbons (Fsp3) is 0.429. The summed E-state index contributed by atoms with van der Waals surface area (Å²) in [6, 6.07) is 7.13. The van der Waals surface area contributed by atoms with Gasteiger partial charge in [-0.15, -0.1) is 0 Å². The minimum atomic E-state index is -0.184. The van der Waals surface area contributed by atoms with Gasteiger partial charge in [0.25, 0.3) is 5.91 Å². The molecule has 0 aromatic heterocycles. The minimum Gasteiger partial charge on any atom is -0.497 e. The Morgan fingerprint density at radius 3 is 2.74 bits per heavy atom. The van der Waals surface area contributed by atoms with Crippen LogP contribution in [0.15, 0.2) is 18.2 Å². The predicted octanol–water partition coefficient (Wildman–Crippen LogP) is 2.13. The van der Waals surface area contributed by atoms with E-state index in [-0.39, 0.29) is 5.91 Å². The molecule has 1 rings (SSSR count). The molecule has 0 saturated carbocycles. The highest BCUT2D eigenvalue weighted by Crippen LogP contribution is 2.24. The second kappa shape index (κ2) is 7.98. The Labute approximate surface area is 113 Å². The van der Waals surface area contributed by atoms with Crippen molar-refractivity contribution in [3.8, 4) is 17.6 Å². The topological polar surface area (TPSA) is 71.3 Å². The number of carbonyl (C=O) groups is 1. The van der Waals surface area contributed by atoms with Gasteiger partial charge in [0.05, 0.1) is 25.9 Å². The number of methoxy groups -OCH3 is 2. The normalized spacial score (nSPS) is 9.53. The lowest BCUT2D eigenvalue weighted by Gasteiger charge is -2.10.